The number of hydrogen-bond acceptors (Lipinski definition) is 3. The van der Waals surface area contributed by atoms with Crippen molar-refractivity contribution >= 4 is 22.8 Å². The lowest BCUT2D eigenvalue weighted by atomic mass is 9.91. The number of likely N-dealkylation sites (N-methyl/N-ethyl adjacent to an activating group) is 1. The smallest absolute Gasteiger partial charge is 0.144 e. The molecule has 1 aliphatic carbocycles. The van der Waals surface area contributed by atoms with Crippen LogP contribution in [0.4, 0.5) is 0 Å². The van der Waals surface area contributed by atoms with E-state index < -0.39 is 0 Å². The quantitative estimate of drug-likeness (QED) is 0.648. The summed E-state index contributed by atoms with van der Waals surface area (Å²) in [6.45, 7) is 6.32. The molecular weight excluding hydrogens is 332 g/mol. The zero-order valence-electron chi connectivity index (χ0n) is 16.4. The van der Waals surface area contributed by atoms with Gasteiger partial charge in [0.1, 0.15) is 5.65 Å². The van der Waals surface area contributed by atoms with Crippen molar-refractivity contribution in [3.8, 4) is 0 Å². The van der Waals surface area contributed by atoms with Crippen molar-refractivity contribution in [1.29, 1.82) is 0 Å². The zero-order valence-corrected chi connectivity index (χ0v) is 16.4. The van der Waals surface area contributed by atoms with Gasteiger partial charge in [-0.3, -0.25) is 4.98 Å². The van der Waals surface area contributed by atoms with E-state index >= 15 is 0 Å². The van der Waals surface area contributed by atoms with Gasteiger partial charge in [-0.05, 0) is 69.0 Å². The monoisotopic (exact) mass is 358 g/mol. The molecule has 0 fully saturated rings. The van der Waals surface area contributed by atoms with Crippen molar-refractivity contribution in [3.63, 3.8) is 0 Å². The van der Waals surface area contributed by atoms with Gasteiger partial charge in [0.2, 0.25) is 0 Å². The van der Waals surface area contributed by atoms with E-state index in [4.69, 9.17) is 9.97 Å². The van der Waals surface area contributed by atoms with Crippen molar-refractivity contribution in [1.82, 2.24) is 19.4 Å². The van der Waals surface area contributed by atoms with Gasteiger partial charge in [-0.15, -0.1) is 0 Å². The van der Waals surface area contributed by atoms with E-state index in [1.807, 2.05) is 6.20 Å². The number of allylic oxidation sites excluding steroid dienone is 1. The zero-order chi connectivity index (χ0) is 18.5. The van der Waals surface area contributed by atoms with Gasteiger partial charge in [0.25, 0.3) is 0 Å². The molecule has 27 heavy (non-hydrogen) atoms. The molecule has 0 atom stereocenters. The Bertz CT molecular complexity index is 1070. The number of rotatable bonds is 1. The fourth-order valence-corrected chi connectivity index (χ4v) is 4.60. The van der Waals surface area contributed by atoms with E-state index in [9.17, 15) is 0 Å². The van der Waals surface area contributed by atoms with Crippen LogP contribution in [0.3, 0.4) is 0 Å². The molecule has 3 aromatic rings. The van der Waals surface area contributed by atoms with Gasteiger partial charge in [-0.25, -0.2) is 4.98 Å². The summed E-state index contributed by atoms with van der Waals surface area (Å²) in [7, 11) is 2.21. The standard InChI is InChI=1S/C23H26N4/c1-15-11-19-20-14-26(3)10-9-22(20)27(23(19)24-12-15)13-17-5-4-6-21-18(17)8-7-16(2)25-21/h7-8,11-13H,4-6,9-10,14H2,1-3H3/b17-13+. The molecule has 4 heteroatoms. The minimum absolute atomic E-state index is 1.00. The average Bonchev–Trinajstić information content (AvgIpc) is 2.94. The van der Waals surface area contributed by atoms with Gasteiger partial charge < -0.3 is 9.47 Å². The van der Waals surface area contributed by atoms with Crippen molar-refractivity contribution in [2.75, 3.05) is 13.6 Å². The highest BCUT2D eigenvalue weighted by atomic mass is 15.1. The summed E-state index contributed by atoms with van der Waals surface area (Å²) in [4.78, 5) is 12.0. The second kappa shape index (κ2) is 6.31. The SMILES string of the molecule is Cc1cnc2c(c1)c1c(n2/C=C2\CCCc3nc(C)ccc32)CCN(C)C1. The number of fused-ring (bicyclic) bond motifs is 4. The maximum Gasteiger partial charge on any atom is 0.144 e. The lowest BCUT2D eigenvalue weighted by Crippen LogP contribution is -2.26. The van der Waals surface area contributed by atoms with E-state index in [0.717, 1.165) is 43.7 Å². The molecular formula is C23H26N4. The first kappa shape index (κ1) is 16.7. The molecule has 0 N–H and O–H groups in total. The lowest BCUT2D eigenvalue weighted by molar-refractivity contribution is 0.312. The maximum absolute atomic E-state index is 4.83. The molecule has 138 valence electrons. The van der Waals surface area contributed by atoms with Crippen molar-refractivity contribution in [2.45, 2.75) is 46.1 Å². The van der Waals surface area contributed by atoms with Crippen LogP contribution in [0.15, 0.2) is 24.4 Å². The van der Waals surface area contributed by atoms with Crippen LogP contribution in [0.2, 0.25) is 0 Å². The Hall–Kier alpha value is -2.46. The van der Waals surface area contributed by atoms with E-state index in [1.165, 1.54) is 45.5 Å². The summed E-state index contributed by atoms with van der Waals surface area (Å²) in [5, 5.41) is 1.31. The van der Waals surface area contributed by atoms with Crippen LogP contribution < -0.4 is 0 Å². The number of aryl methyl sites for hydroxylation is 3. The Labute approximate surface area is 160 Å². The summed E-state index contributed by atoms with van der Waals surface area (Å²) in [5.74, 6) is 0. The third-order valence-electron chi connectivity index (χ3n) is 5.96. The van der Waals surface area contributed by atoms with Crippen LogP contribution in [0, 0.1) is 13.8 Å². The molecule has 3 aromatic heterocycles. The fraction of sp³-hybridized carbons (Fsp3) is 0.391. The fourth-order valence-electron chi connectivity index (χ4n) is 4.60. The first-order chi connectivity index (χ1) is 13.1. The molecule has 4 nitrogen and oxygen atoms in total. The summed E-state index contributed by atoms with van der Waals surface area (Å²) < 4.78 is 2.38. The van der Waals surface area contributed by atoms with Crippen molar-refractivity contribution in [3.05, 3.63) is 58.2 Å². The highest BCUT2D eigenvalue weighted by Crippen LogP contribution is 2.34. The first-order valence-electron chi connectivity index (χ1n) is 9.94. The van der Waals surface area contributed by atoms with Crippen LogP contribution in [-0.2, 0) is 19.4 Å². The molecule has 0 radical (unpaired) electrons. The molecule has 0 saturated carbocycles. The highest BCUT2D eigenvalue weighted by Gasteiger charge is 2.24. The van der Waals surface area contributed by atoms with Gasteiger partial charge in [0.15, 0.2) is 0 Å². The topological polar surface area (TPSA) is 34.0 Å². The third kappa shape index (κ3) is 2.79. The number of aromatic nitrogens is 3. The summed E-state index contributed by atoms with van der Waals surface area (Å²) in [6, 6.07) is 6.69. The highest BCUT2D eigenvalue weighted by molar-refractivity contribution is 5.88. The van der Waals surface area contributed by atoms with Gasteiger partial charge in [0.05, 0.1) is 0 Å². The molecule has 4 heterocycles. The van der Waals surface area contributed by atoms with E-state index in [1.54, 1.807) is 0 Å². The maximum atomic E-state index is 4.83. The summed E-state index contributed by atoms with van der Waals surface area (Å²) in [5.41, 5.74) is 10.3. The molecule has 0 saturated heterocycles. The molecule has 0 bridgehead atoms. The van der Waals surface area contributed by atoms with Crippen LogP contribution in [-0.4, -0.2) is 33.0 Å². The Kier molecular flexibility index (Phi) is 3.90. The minimum atomic E-state index is 1.00. The predicted octanol–water partition coefficient (Wildman–Crippen LogP) is 4.37. The van der Waals surface area contributed by atoms with Crippen LogP contribution in [0.5, 0.6) is 0 Å². The number of hydrogen-bond donors (Lipinski definition) is 0. The molecule has 2 aliphatic rings. The Balaban J connectivity index is 1.72. The second-order valence-corrected chi connectivity index (χ2v) is 8.12. The van der Waals surface area contributed by atoms with E-state index in [2.05, 4.69) is 54.8 Å². The molecule has 0 spiro atoms. The molecule has 0 amide bonds. The Morgan fingerprint density at radius 2 is 2.00 bits per heavy atom. The summed E-state index contributed by atoms with van der Waals surface area (Å²) in [6.07, 6.45) is 8.78. The van der Waals surface area contributed by atoms with Gasteiger partial charge >= 0.3 is 0 Å². The lowest BCUT2D eigenvalue weighted by Gasteiger charge is -2.24. The first-order valence-corrected chi connectivity index (χ1v) is 9.94. The normalized spacial score (nSPS) is 18.7. The van der Waals surface area contributed by atoms with Crippen LogP contribution in [0.25, 0.3) is 22.8 Å². The molecule has 1 aliphatic heterocycles. The van der Waals surface area contributed by atoms with E-state index in [0.29, 0.717) is 0 Å². The van der Waals surface area contributed by atoms with Crippen molar-refractivity contribution in [2.24, 2.45) is 0 Å². The molecule has 0 aromatic carbocycles. The Morgan fingerprint density at radius 1 is 1.11 bits per heavy atom. The van der Waals surface area contributed by atoms with Gasteiger partial charge in [-0.2, -0.15) is 0 Å². The van der Waals surface area contributed by atoms with E-state index in [-0.39, 0.29) is 0 Å². The largest absolute Gasteiger partial charge is 0.304 e. The number of pyridine rings is 2. The predicted molar refractivity (Wildman–Crippen MR) is 111 cm³/mol. The Morgan fingerprint density at radius 3 is 2.89 bits per heavy atom. The van der Waals surface area contributed by atoms with Crippen LogP contribution in [0.1, 0.15) is 46.6 Å². The summed E-state index contributed by atoms with van der Waals surface area (Å²) >= 11 is 0. The molecule has 5 rings (SSSR count). The van der Waals surface area contributed by atoms with Crippen LogP contribution >= 0.6 is 0 Å². The second-order valence-electron chi connectivity index (χ2n) is 8.12. The third-order valence-corrected chi connectivity index (χ3v) is 5.96. The molecule has 0 unspecified atom stereocenters. The van der Waals surface area contributed by atoms with Crippen molar-refractivity contribution < 1.29 is 0 Å². The number of nitrogens with zero attached hydrogens (tertiary/aromatic N) is 4. The van der Waals surface area contributed by atoms with Gasteiger partial charge in [-0.1, -0.05) is 6.07 Å². The van der Waals surface area contributed by atoms with Gasteiger partial charge in [0, 0.05) is 59.9 Å². The average molecular weight is 358 g/mol. The minimum Gasteiger partial charge on any atom is -0.304 e.